The zero-order valence-corrected chi connectivity index (χ0v) is 7.80. The molecule has 1 amide bonds. The van der Waals surface area contributed by atoms with Crippen molar-refractivity contribution in [2.24, 2.45) is 0 Å². The number of halogens is 3. The molecule has 4 nitrogen and oxygen atoms in total. The van der Waals surface area contributed by atoms with E-state index >= 15 is 0 Å². The number of rotatable bonds is 2. The maximum Gasteiger partial charge on any atom is 0.405 e. The predicted molar refractivity (Wildman–Crippen MR) is 45.2 cm³/mol. The number of alkyl halides is 3. The molecule has 1 rings (SSSR count). The van der Waals surface area contributed by atoms with Crippen LogP contribution < -0.4 is 5.32 Å². The van der Waals surface area contributed by atoms with Gasteiger partial charge in [-0.25, -0.2) is 0 Å². The molecule has 0 fully saturated rings. The number of amides is 1. The van der Waals surface area contributed by atoms with Gasteiger partial charge in [-0.1, -0.05) is 0 Å². The zero-order chi connectivity index (χ0) is 11.5. The molecular formula is C8H8F3N3O. The average Bonchev–Trinajstić information content (AvgIpc) is 2.14. The lowest BCUT2D eigenvalue weighted by Crippen LogP contribution is -2.34. The highest BCUT2D eigenvalue weighted by atomic mass is 19.4. The largest absolute Gasteiger partial charge is 0.405 e. The van der Waals surface area contributed by atoms with Gasteiger partial charge in [0.05, 0.1) is 5.69 Å². The van der Waals surface area contributed by atoms with Crippen LogP contribution in [0.3, 0.4) is 0 Å². The summed E-state index contributed by atoms with van der Waals surface area (Å²) in [5, 5.41) is 8.69. The molecule has 15 heavy (non-hydrogen) atoms. The van der Waals surface area contributed by atoms with Crippen LogP contribution in [0.2, 0.25) is 0 Å². The minimum Gasteiger partial charge on any atom is -0.342 e. The van der Waals surface area contributed by atoms with Gasteiger partial charge in [-0.2, -0.15) is 18.3 Å². The van der Waals surface area contributed by atoms with Crippen LogP contribution in [-0.2, 0) is 0 Å². The molecule has 7 heteroatoms. The average molecular weight is 219 g/mol. The first-order valence-electron chi connectivity index (χ1n) is 4.04. The van der Waals surface area contributed by atoms with Crippen molar-refractivity contribution in [3.05, 3.63) is 23.5 Å². The van der Waals surface area contributed by atoms with Gasteiger partial charge >= 0.3 is 6.18 Å². The van der Waals surface area contributed by atoms with Crippen LogP contribution in [0.15, 0.2) is 12.1 Å². The molecule has 0 unspecified atom stereocenters. The molecular weight excluding hydrogens is 211 g/mol. The van der Waals surface area contributed by atoms with Crippen molar-refractivity contribution < 1.29 is 18.0 Å². The van der Waals surface area contributed by atoms with Crippen LogP contribution in [0, 0.1) is 6.92 Å². The van der Waals surface area contributed by atoms with Gasteiger partial charge in [-0.3, -0.25) is 4.79 Å². The fraction of sp³-hybridized carbons (Fsp3) is 0.375. The molecule has 0 bridgehead atoms. The van der Waals surface area contributed by atoms with Crippen molar-refractivity contribution in [2.45, 2.75) is 13.1 Å². The number of nitrogens with zero attached hydrogens (tertiary/aromatic N) is 2. The Labute approximate surface area is 83.5 Å². The lowest BCUT2D eigenvalue weighted by molar-refractivity contribution is -0.123. The van der Waals surface area contributed by atoms with Crippen molar-refractivity contribution >= 4 is 5.91 Å². The number of carbonyl (C=O) groups excluding carboxylic acids is 1. The first-order chi connectivity index (χ1) is 6.88. The third kappa shape index (κ3) is 3.92. The van der Waals surface area contributed by atoms with Gasteiger partial charge in [-0.05, 0) is 19.1 Å². The van der Waals surface area contributed by atoms with Crippen molar-refractivity contribution in [3.8, 4) is 0 Å². The minimum absolute atomic E-state index is 0.134. The third-order valence-corrected chi connectivity index (χ3v) is 1.48. The van der Waals surface area contributed by atoms with Gasteiger partial charge in [0, 0.05) is 0 Å². The summed E-state index contributed by atoms with van der Waals surface area (Å²) in [7, 11) is 0. The van der Waals surface area contributed by atoms with Crippen LogP contribution in [0.4, 0.5) is 13.2 Å². The van der Waals surface area contributed by atoms with E-state index in [0.29, 0.717) is 5.69 Å². The Morgan fingerprint density at radius 2 is 2.07 bits per heavy atom. The molecule has 0 saturated carbocycles. The monoisotopic (exact) mass is 219 g/mol. The number of nitrogens with one attached hydrogen (secondary N) is 1. The molecule has 1 aromatic heterocycles. The molecule has 0 aliphatic heterocycles. The molecule has 1 aromatic rings. The quantitative estimate of drug-likeness (QED) is 0.809. The number of carbonyl (C=O) groups is 1. The van der Waals surface area contributed by atoms with E-state index in [-0.39, 0.29) is 5.69 Å². The third-order valence-electron chi connectivity index (χ3n) is 1.48. The maximum atomic E-state index is 11.7. The van der Waals surface area contributed by atoms with E-state index in [1.54, 1.807) is 12.2 Å². The van der Waals surface area contributed by atoms with Gasteiger partial charge in [-0.15, -0.1) is 5.10 Å². The number of aryl methyl sites for hydroxylation is 1. The molecule has 0 aliphatic carbocycles. The summed E-state index contributed by atoms with van der Waals surface area (Å²) >= 11 is 0. The Bertz CT molecular complexity index is 347. The highest BCUT2D eigenvalue weighted by molar-refractivity contribution is 5.92. The van der Waals surface area contributed by atoms with Gasteiger partial charge in [0.2, 0.25) is 0 Å². The topological polar surface area (TPSA) is 54.9 Å². The Morgan fingerprint density at radius 3 is 2.53 bits per heavy atom. The highest BCUT2D eigenvalue weighted by Gasteiger charge is 2.28. The van der Waals surface area contributed by atoms with Gasteiger partial charge in [0.1, 0.15) is 6.54 Å². The second-order valence-electron chi connectivity index (χ2n) is 2.86. The second kappa shape index (κ2) is 4.24. The fourth-order valence-electron chi connectivity index (χ4n) is 0.791. The molecule has 1 heterocycles. The smallest absolute Gasteiger partial charge is 0.342 e. The van der Waals surface area contributed by atoms with E-state index in [0.717, 1.165) is 0 Å². The Kier molecular flexibility index (Phi) is 3.23. The SMILES string of the molecule is Cc1ccc(C(=O)NCC(F)(F)F)nn1. The van der Waals surface area contributed by atoms with E-state index in [4.69, 9.17) is 0 Å². The van der Waals surface area contributed by atoms with E-state index in [1.165, 1.54) is 12.1 Å². The lowest BCUT2D eigenvalue weighted by Gasteiger charge is -2.07. The first kappa shape index (κ1) is 11.4. The maximum absolute atomic E-state index is 11.7. The first-order valence-corrected chi connectivity index (χ1v) is 4.04. The standard InChI is InChI=1S/C8H8F3N3O/c1-5-2-3-6(14-13-5)7(15)12-4-8(9,10)11/h2-3H,4H2,1H3,(H,12,15). The van der Waals surface area contributed by atoms with Crippen molar-refractivity contribution in [1.29, 1.82) is 0 Å². The van der Waals surface area contributed by atoms with E-state index in [9.17, 15) is 18.0 Å². The van der Waals surface area contributed by atoms with Gasteiger partial charge in [0.25, 0.3) is 5.91 Å². The molecule has 0 aliphatic rings. The van der Waals surface area contributed by atoms with Gasteiger partial charge in [0.15, 0.2) is 5.69 Å². The second-order valence-corrected chi connectivity index (χ2v) is 2.86. The molecule has 0 radical (unpaired) electrons. The Morgan fingerprint density at radius 1 is 1.40 bits per heavy atom. The Hall–Kier alpha value is -1.66. The molecule has 0 atom stereocenters. The number of hydrogen-bond acceptors (Lipinski definition) is 3. The summed E-state index contributed by atoms with van der Waals surface area (Å²) in [4.78, 5) is 11.1. The predicted octanol–water partition coefficient (Wildman–Crippen LogP) is 1.08. The summed E-state index contributed by atoms with van der Waals surface area (Å²) in [5.41, 5.74) is 0.451. The zero-order valence-electron chi connectivity index (χ0n) is 7.80. The minimum atomic E-state index is -4.42. The number of hydrogen-bond donors (Lipinski definition) is 1. The van der Waals surface area contributed by atoms with Crippen LogP contribution in [0.1, 0.15) is 16.2 Å². The van der Waals surface area contributed by atoms with Crippen LogP contribution in [0.25, 0.3) is 0 Å². The molecule has 0 spiro atoms. The normalized spacial score (nSPS) is 11.2. The molecule has 82 valence electrons. The van der Waals surface area contributed by atoms with Crippen molar-refractivity contribution in [1.82, 2.24) is 15.5 Å². The Balaban J connectivity index is 2.58. The highest BCUT2D eigenvalue weighted by Crippen LogP contribution is 2.12. The van der Waals surface area contributed by atoms with Crippen LogP contribution in [-0.4, -0.2) is 28.8 Å². The van der Waals surface area contributed by atoms with Gasteiger partial charge < -0.3 is 5.32 Å². The van der Waals surface area contributed by atoms with E-state index < -0.39 is 18.6 Å². The van der Waals surface area contributed by atoms with E-state index in [2.05, 4.69) is 10.2 Å². The number of aromatic nitrogens is 2. The molecule has 0 aromatic carbocycles. The summed E-state index contributed by atoms with van der Waals surface area (Å²) in [6.45, 7) is 0.284. The van der Waals surface area contributed by atoms with E-state index in [1.807, 2.05) is 0 Å². The molecule has 0 saturated heterocycles. The van der Waals surface area contributed by atoms with Crippen LogP contribution in [0.5, 0.6) is 0 Å². The summed E-state index contributed by atoms with van der Waals surface area (Å²) in [6, 6.07) is 2.81. The van der Waals surface area contributed by atoms with Crippen molar-refractivity contribution in [3.63, 3.8) is 0 Å². The fourth-order valence-corrected chi connectivity index (χ4v) is 0.791. The molecule has 1 N–H and O–H groups in total. The van der Waals surface area contributed by atoms with Crippen molar-refractivity contribution in [2.75, 3.05) is 6.54 Å². The lowest BCUT2D eigenvalue weighted by atomic mass is 10.3. The summed E-state index contributed by atoms with van der Waals surface area (Å²) in [6.07, 6.45) is -4.42. The van der Waals surface area contributed by atoms with Crippen LogP contribution >= 0.6 is 0 Å². The summed E-state index contributed by atoms with van der Waals surface area (Å²) < 4.78 is 35.2. The summed E-state index contributed by atoms with van der Waals surface area (Å²) in [5.74, 6) is -0.889.